The molecule has 1 fully saturated rings. The summed E-state index contributed by atoms with van der Waals surface area (Å²) in [6.07, 6.45) is 1.80. The van der Waals surface area contributed by atoms with Crippen LogP contribution in [0.1, 0.15) is 27.2 Å². The van der Waals surface area contributed by atoms with Crippen LogP contribution in [0, 0.1) is 11.8 Å². The molecule has 0 radical (unpaired) electrons. The minimum atomic E-state index is 0.542. The lowest BCUT2D eigenvalue weighted by molar-refractivity contribution is 0.0736. The van der Waals surface area contributed by atoms with Gasteiger partial charge in [-0.2, -0.15) is 0 Å². The first-order valence-electron chi connectivity index (χ1n) is 3.81. The molecule has 0 unspecified atom stereocenters. The summed E-state index contributed by atoms with van der Waals surface area (Å²) >= 11 is 0. The minimum absolute atomic E-state index is 0.542. The molecule has 1 rings (SSSR count). The van der Waals surface area contributed by atoms with Crippen molar-refractivity contribution >= 4 is 0 Å². The Morgan fingerprint density at radius 2 is 2.11 bits per heavy atom. The first-order chi connectivity index (χ1) is 4.20. The van der Waals surface area contributed by atoms with Crippen LogP contribution in [-0.4, -0.2) is 12.7 Å². The third-order valence-electron chi connectivity index (χ3n) is 1.97. The van der Waals surface area contributed by atoms with E-state index in [2.05, 4.69) is 20.8 Å². The van der Waals surface area contributed by atoms with Gasteiger partial charge in [-0.05, 0) is 18.3 Å². The van der Waals surface area contributed by atoms with Crippen LogP contribution >= 0.6 is 0 Å². The fraction of sp³-hybridized carbons (Fsp3) is 1.00. The Kier molecular flexibility index (Phi) is 2.12. The van der Waals surface area contributed by atoms with Crippen LogP contribution in [0.3, 0.4) is 0 Å². The van der Waals surface area contributed by atoms with E-state index in [0.717, 1.165) is 12.5 Å². The lowest BCUT2D eigenvalue weighted by Gasteiger charge is -2.12. The predicted octanol–water partition coefficient (Wildman–Crippen LogP) is 2.07. The predicted molar refractivity (Wildman–Crippen MR) is 38.4 cm³/mol. The molecule has 1 heteroatoms. The van der Waals surface area contributed by atoms with Gasteiger partial charge < -0.3 is 4.74 Å². The zero-order valence-corrected chi connectivity index (χ0v) is 6.55. The lowest BCUT2D eigenvalue weighted by atomic mass is 10.0. The Balaban J connectivity index is 2.30. The molecule has 1 nitrogen and oxygen atoms in total. The summed E-state index contributed by atoms with van der Waals surface area (Å²) in [6.45, 7) is 7.68. The monoisotopic (exact) mass is 128 g/mol. The highest BCUT2D eigenvalue weighted by atomic mass is 16.5. The van der Waals surface area contributed by atoms with Crippen LogP contribution in [0.25, 0.3) is 0 Å². The van der Waals surface area contributed by atoms with Gasteiger partial charge in [-0.25, -0.2) is 0 Å². The molecule has 54 valence electrons. The molecule has 2 atom stereocenters. The quantitative estimate of drug-likeness (QED) is 0.525. The van der Waals surface area contributed by atoms with Crippen molar-refractivity contribution in [3.8, 4) is 0 Å². The summed E-state index contributed by atoms with van der Waals surface area (Å²) in [6, 6.07) is 0. The third-order valence-corrected chi connectivity index (χ3v) is 1.97. The van der Waals surface area contributed by atoms with E-state index in [-0.39, 0.29) is 0 Å². The second-order valence-electron chi connectivity index (χ2n) is 3.46. The number of hydrogen-bond donors (Lipinski definition) is 0. The Hall–Kier alpha value is -0.0400. The zero-order chi connectivity index (χ0) is 6.85. The number of ether oxygens (including phenoxy) is 1. The Labute approximate surface area is 57.4 Å². The first kappa shape index (κ1) is 7.07. The molecule has 1 heterocycles. The average Bonchev–Trinajstić information content (AvgIpc) is 2.14. The fourth-order valence-electron chi connectivity index (χ4n) is 1.29. The first-order valence-corrected chi connectivity index (χ1v) is 3.81. The Morgan fingerprint density at radius 3 is 2.33 bits per heavy atom. The van der Waals surface area contributed by atoms with Crippen LogP contribution < -0.4 is 0 Å². The molecule has 0 spiro atoms. The molecule has 0 bridgehead atoms. The molecule has 0 aliphatic carbocycles. The Morgan fingerprint density at radius 1 is 1.44 bits per heavy atom. The molecule has 0 aromatic heterocycles. The van der Waals surface area contributed by atoms with Crippen molar-refractivity contribution in [2.75, 3.05) is 6.61 Å². The largest absolute Gasteiger partial charge is 0.378 e. The highest BCUT2D eigenvalue weighted by Crippen LogP contribution is 2.23. The van der Waals surface area contributed by atoms with Crippen molar-refractivity contribution in [3.63, 3.8) is 0 Å². The summed E-state index contributed by atoms with van der Waals surface area (Å²) in [4.78, 5) is 0. The van der Waals surface area contributed by atoms with Crippen LogP contribution in [-0.2, 0) is 4.74 Å². The van der Waals surface area contributed by atoms with Crippen LogP contribution in [0.2, 0.25) is 0 Å². The zero-order valence-electron chi connectivity index (χ0n) is 6.55. The van der Waals surface area contributed by atoms with E-state index in [1.54, 1.807) is 0 Å². The summed E-state index contributed by atoms with van der Waals surface area (Å²) in [7, 11) is 0. The summed E-state index contributed by atoms with van der Waals surface area (Å²) < 4.78 is 5.53. The maximum absolute atomic E-state index is 5.53. The van der Waals surface area contributed by atoms with E-state index in [0.29, 0.717) is 12.0 Å². The summed E-state index contributed by atoms with van der Waals surface area (Å²) in [5, 5.41) is 0. The lowest BCUT2D eigenvalue weighted by Crippen LogP contribution is -2.12. The van der Waals surface area contributed by atoms with E-state index < -0.39 is 0 Å². The molecule has 0 aromatic rings. The van der Waals surface area contributed by atoms with Gasteiger partial charge in [0.25, 0.3) is 0 Å². The van der Waals surface area contributed by atoms with Crippen molar-refractivity contribution in [1.29, 1.82) is 0 Å². The standard InChI is InChI=1S/C8H16O/c1-6(2)8-4-7(3)5-9-8/h6-8H,4-5H2,1-3H3/t7-,8-/m1/s1. The van der Waals surface area contributed by atoms with Gasteiger partial charge in [0.05, 0.1) is 6.10 Å². The molecular formula is C8H16O. The van der Waals surface area contributed by atoms with E-state index in [1.807, 2.05) is 0 Å². The molecule has 0 saturated carbocycles. The smallest absolute Gasteiger partial charge is 0.0601 e. The minimum Gasteiger partial charge on any atom is -0.378 e. The van der Waals surface area contributed by atoms with Gasteiger partial charge in [-0.3, -0.25) is 0 Å². The van der Waals surface area contributed by atoms with E-state index in [9.17, 15) is 0 Å². The molecule has 9 heavy (non-hydrogen) atoms. The van der Waals surface area contributed by atoms with E-state index >= 15 is 0 Å². The van der Waals surface area contributed by atoms with E-state index in [1.165, 1.54) is 6.42 Å². The highest BCUT2D eigenvalue weighted by Gasteiger charge is 2.23. The molecular weight excluding hydrogens is 112 g/mol. The van der Waals surface area contributed by atoms with Gasteiger partial charge in [-0.1, -0.05) is 20.8 Å². The number of hydrogen-bond acceptors (Lipinski definition) is 1. The summed E-state index contributed by atoms with van der Waals surface area (Å²) in [5.74, 6) is 1.49. The third kappa shape index (κ3) is 1.68. The van der Waals surface area contributed by atoms with Crippen molar-refractivity contribution in [3.05, 3.63) is 0 Å². The molecule has 1 saturated heterocycles. The highest BCUT2D eigenvalue weighted by molar-refractivity contribution is 4.72. The van der Waals surface area contributed by atoms with Crippen molar-refractivity contribution in [2.24, 2.45) is 11.8 Å². The van der Waals surface area contributed by atoms with Gasteiger partial charge in [0.15, 0.2) is 0 Å². The van der Waals surface area contributed by atoms with Crippen molar-refractivity contribution in [2.45, 2.75) is 33.3 Å². The van der Waals surface area contributed by atoms with Gasteiger partial charge >= 0.3 is 0 Å². The fourth-order valence-corrected chi connectivity index (χ4v) is 1.29. The maximum Gasteiger partial charge on any atom is 0.0601 e. The second kappa shape index (κ2) is 2.70. The molecule has 0 aromatic carbocycles. The van der Waals surface area contributed by atoms with Gasteiger partial charge in [0, 0.05) is 6.61 Å². The molecule has 1 aliphatic rings. The van der Waals surface area contributed by atoms with Crippen molar-refractivity contribution < 1.29 is 4.74 Å². The van der Waals surface area contributed by atoms with Crippen LogP contribution in [0.15, 0.2) is 0 Å². The molecule has 0 N–H and O–H groups in total. The number of rotatable bonds is 1. The van der Waals surface area contributed by atoms with Gasteiger partial charge in [0.1, 0.15) is 0 Å². The second-order valence-corrected chi connectivity index (χ2v) is 3.46. The molecule has 0 amide bonds. The van der Waals surface area contributed by atoms with Gasteiger partial charge in [-0.15, -0.1) is 0 Å². The topological polar surface area (TPSA) is 9.23 Å². The Bertz CT molecular complexity index is 88.6. The maximum atomic E-state index is 5.53. The van der Waals surface area contributed by atoms with E-state index in [4.69, 9.17) is 4.74 Å². The summed E-state index contributed by atoms with van der Waals surface area (Å²) in [5.41, 5.74) is 0. The van der Waals surface area contributed by atoms with Gasteiger partial charge in [0.2, 0.25) is 0 Å². The average molecular weight is 128 g/mol. The SMILES string of the molecule is CC(C)[C@H]1C[C@@H](C)CO1. The van der Waals surface area contributed by atoms with Crippen LogP contribution in [0.5, 0.6) is 0 Å². The van der Waals surface area contributed by atoms with Crippen LogP contribution in [0.4, 0.5) is 0 Å². The normalized spacial score (nSPS) is 36.0. The van der Waals surface area contributed by atoms with Crippen molar-refractivity contribution in [1.82, 2.24) is 0 Å². The molecule has 1 aliphatic heterocycles.